The van der Waals surface area contributed by atoms with Gasteiger partial charge < -0.3 is 24.8 Å². The van der Waals surface area contributed by atoms with E-state index in [1.807, 2.05) is 60.7 Å². The third-order valence-corrected chi connectivity index (χ3v) is 4.73. The third kappa shape index (κ3) is 10.0. The van der Waals surface area contributed by atoms with E-state index in [0.29, 0.717) is 0 Å². The molecule has 2 atom stereocenters. The molecule has 0 aliphatic carbocycles. The first-order chi connectivity index (χ1) is 16.2. The van der Waals surface area contributed by atoms with Crippen LogP contribution in [0.2, 0.25) is 0 Å². The van der Waals surface area contributed by atoms with Gasteiger partial charge in [0.2, 0.25) is 5.91 Å². The second-order valence-corrected chi connectivity index (χ2v) is 8.82. The summed E-state index contributed by atoms with van der Waals surface area (Å²) in [6, 6.07) is 16.7. The van der Waals surface area contributed by atoms with Crippen molar-refractivity contribution in [2.24, 2.45) is 0 Å². The van der Waals surface area contributed by atoms with Crippen LogP contribution >= 0.6 is 0 Å². The van der Waals surface area contributed by atoms with E-state index in [1.165, 1.54) is 7.11 Å². The fourth-order valence-corrected chi connectivity index (χ4v) is 3.10. The second kappa shape index (κ2) is 13.3. The van der Waals surface area contributed by atoms with Crippen molar-refractivity contribution < 1.29 is 28.6 Å². The van der Waals surface area contributed by atoms with E-state index >= 15 is 0 Å². The number of ether oxygens (including phenoxy) is 3. The lowest BCUT2D eigenvalue weighted by Gasteiger charge is -2.25. The fraction of sp³-hybridized carbons (Fsp3) is 0.423. The molecule has 0 fully saturated rings. The zero-order chi connectivity index (χ0) is 25.0. The summed E-state index contributed by atoms with van der Waals surface area (Å²) in [7, 11) is 1.50. The van der Waals surface area contributed by atoms with Gasteiger partial charge in [-0.15, -0.1) is 0 Å². The highest BCUT2D eigenvalue weighted by atomic mass is 16.6. The van der Waals surface area contributed by atoms with Crippen molar-refractivity contribution in [3.05, 3.63) is 71.8 Å². The molecule has 0 aromatic heterocycles. The van der Waals surface area contributed by atoms with Crippen LogP contribution in [-0.4, -0.2) is 49.4 Å². The zero-order valence-electron chi connectivity index (χ0n) is 20.2. The van der Waals surface area contributed by atoms with Gasteiger partial charge in [-0.1, -0.05) is 60.7 Å². The minimum absolute atomic E-state index is 0.0874. The van der Waals surface area contributed by atoms with Crippen LogP contribution in [0.4, 0.5) is 4.79 Å². The first-order valence-electron chi connectivity index (χ1n) is 11.2. The lowest BCUT2D eigenvalue weighted by Crippen LogP contribution is -2.53. The quantitative estimate of drug-likeness (QED) is 0.488. The van der Waals surface area contributed by atoms with E-state index in [2.05, 4.69) is 10.6 Å². The Labute approximate surface area is 201 Å². The molecule has 0 saturated carbocycles. The molecule has 0 bridgehead atoms. The largest absolute Gasteiger partial charge is 0.459 e. The number of carbonyl (C=O) groups is 3. The van der Waals surface area contributed by atoms with Gasteiger partial charge in [-0.3, -0.25) is 4.79 Å². The molecule has 2 aromatic rings. The first kappa shape index (κ1) is 26.9. The van der Waals surface area contributed by atoms with Crippen molar-refractivity contribution in [2.45, 2.75) is 57.9 Å². The van der Waals surface area contributed by atoms with Gasteiger partial charge >= 0.3 is 12.1 Å². The average molecular weight is 471 g/mol. The van der Waals surface area contributed by atoms with Crippen LogP contribution in [0.3, 0.4) is 0 Å². The predicted molar refractivity (Wildman–Crippen MR) is 128 cm³/mol. The van der Waals surface area contributed by atoms with Crippen molar-refractivity contribution >= 4 is 18.0 Å². The van der Waals surface area contributed by atoms with Crippen molar-refractivity contribution in [3.63, 3.8) is 0 Å². The van der Waals surface area contributed by atoms with Crippen LogP contribution in [0.5, 0.6) is 0 Å². The number of carbonyl (C=O) groups excluding carboxylic acids is 3. The molecule has 0 unspecified atom stereocenters. The first-order valence-corrected chi connectivity index (χ1v) is 11.2. The van der Waals surface area contributed by atoms with Crippen LogP contribution in [-0.2, 0) is 36.8 Å². The Morgan fingerprint density at radius 1 is 0.853 bits per heavy atom. The summed E-state index contributed by atoms with van der Waals surface area (Å²) in [5, 5.41) is 5.31. The number of hydrogen-bond acceptors (Lipinski definition) is 6. The summed E-state index contributed by atoms with van der Waals surface area (Å²) in [4.78, 5) is 38.3. The molecular formula is C26H34N2O6. The third-order valence-electron chi connectivity index (χ3n) is 4.73. The summed E-state index contributed by atoms with van der Waals surface area (Å²) in [5.41, 5.74) is 0.979. The topological polar surface area (TPSA) is 103 Å². The predicted octanol–water partition coefficient (Wildman–Crippen LogP) is 3.39. The van der Waals surface area contributed by atoms with E-state index < -0.39 is 35.7 Å². The Balaban J connectivity index is 2.12. The minimum atomic E-state index is -0.949. The molecule has 2 aromatic carbocycles. The van der Waals surface area contributed by atoms with Crippen molar-refractivity contribution in [2.75, 3.05) is 13.7 Å². The molecule has 0 aliphatic heterocycles. The number of hydrogen-bond donors (Lipinski definition) is 2. The highest BCUT2D eigenvalue weighted by Gasteiger charge is 2.29. The zero-order valence-corrected chi connectivity index (χ0v) is 20.2. The molecule has 0 spiro atoms. The Morgan fingerprint density at radius 3 is 2.00 bits per heavy atom. The van der Waals surface area contributed by atoms with Crippen molar-refractivity contribution in [1.29, 1.82) is 0 Å². The van der Waals surface area contributed by atoms with Crippen molar-refractivity contribution in [1.82, 2.24) is 10.6 Å². The lowest BCUT2D eigenvalue weighted by atomic mass is 10.0. The molecule has 0 saturated heterocycles. The number of amides is 2. The van der Waals surface area contributed by atoms with Crippen LogP contribution in [0.25, 0.3) is 0 Å². The summed E-state index contributed by atoms with van der Waals surface area (Å²) < 4.78 is 15.8. The van der Waals surface area contributed by atoms with E-state index in [-0.39, 0.29) is 26.1 Å². The summed E-state index contributed by atoms with van der Waals surface area (Å²) in [5.74, 6) is -1.09. The Hall–Kier alpha value is -3.39. The van der Waals surface area contributed by atoms with E-state index in [1.54, 1.807) is 20.8 Å². The maximum Gasteiger partial charge on any atom is 0.408 e. The molecule has 184 valence electrons. The standard InChI is InChI=1S/C26H34N2O6/c1-26(2,3)34-25(31)28-21(15-16-32-4)23(29)27-22(17-19-11-7-5-8-12-19)24(30)33-18-20-13-9-6-10-14-20/h5-14,21-22H,15-18H2,1-4H3,(H,27,29)(H,28,31)/t21-,22-/m0/s1. The molecule has 34 heavy (non-hydrogen) atoms. The smallest absolute Gasteiger partial charge is 0.408 e. The molecule has 2 N–H and O–H groups in total. The van der Waals surface area contributed by atoms with E-state index in [4.69, 9.17) is 14.2 Å². The van der Waals surface area contributed by atoms with Gasteiger partial charge in [-0.25, -0.2) is 9.59 Å². The SMILES string of the molecule is COCC[C@H](NC(=O)OC(C)(C)C)C(=O)N[C@@H](Cc1ccccc1)C(=O)OCc1ccccc1. The van der Waals surface area contributed by atoms with Gasteiger partial charge in [-0.2, -0.15) is 0 Å². The van der Waals surface area contributed by atoms with Gasteiger partial charge in [0, 0.05) is 26.6 Å². The van der Waals surface area contributed by atoms with Gasteiger partial charge in [0.15, 0.2) is 0 Å². The van der Waals surface area contributed by atoms with Crippen LogP contribution in [0, 0.1) is 0 Å². The Kier molecular flexibility index (Phi) is 10.5. The van der Waals surface area contributed by atoms with Gasteiger partial charge in [0.1, 0.15) is 24.3 Å². The molecular weight excluding hydrogens is 436 g/mol. The van der Waals surface area contributed by atoms with Gasteiger partial charge in [0.25, 0.3) is 0 Å². The molecule has 2 amide bonds. The monoisotopic (exact) mass is 470 g/mol. The highest BCUT2D eigenvalue weighted by Crippen LogP contribution is 2.10. The number of rotatable bonds is 11. The number of benzene rings is 2. The normalized spacial score (nSPS) is 12.8. The lowest BCUT2D eigenvalue weighted by molar-refractivity contribution is -0.149. The fourth-order valence-electron chi connectivity index (χ4n) is 3.10. The van der Waals surface area contributed by atoms with Crippen LogP contribution < -0.4 is 10.6 Å². The van der Waals surface area contributed by atoms with Crippen LogP contribution in [0.1, 0.15) is 38.3 Å². The Bertz CT molecular complexity index is 912. The highest BCUT2D eigenvalue weighted by molar-refractivity contribution is 5.89. The molecule has 2 rings (SSSR count). The number of esters is 1. The molecule has 0 aliphatic rings. The number of nitrogens with one attached hydrogen (secondary N) is 2. The summed E-state index contributed by atoms with van der Waals surface area (Å²) in [6.07, 6.45) is -0.280. The Morgan fingerprint density at radius 2 is 1.44 bits per heavy atom. The second-order valence-electron chi connectivity index (χ2n) is 8.82. The van der Waals surface area contributed by atoms with E-state index in [0.717, 1.165) is 11.1 Å². The maximum absolute atomic E-state index is 13.1. The molecule has 8 nitrogen and oxygen atoms in total. The average Bonchev–Trinajstić information content (AvgIpc) is 2.79. The molecule has 8 heteroatoms. The molecule has 0 heterocycles. The number of methoxy groups -OCH3 is 1. The van der Waals surface area contributed by atoms with E-state index in [9.17, 15) is 14.4 Å². The molecule has 0 radical (unpaired) electrons. The van der Waals surface area contributed by atoms with Gasteiger partial charge in [0.05, 0.1) is 0 Å². The maximum atomic E-state index is 13.1. The van der Waals surface area contributed by atoms with Crippen LogP contribution in [0.15, 0.2) is 60.7 Å². The van der Waals surface area contributed by atoms with Crippen molar-refractivity contribution in [3.8, 4) is 0 Å². The summed E-state index contributed by atoms with van der Waals surface area (Å²) in [6.45, 7) is 5.51. The minimum Gasteiger partial charge on any atom is -0.459 e. The summed E-state index contributed by atoms with van der Waals surface area (Å²) >= 11 is 0. The van der Waals surface area contributed by atoms with Gasteiger partial charge in [-0.05, 0) is 31.9 Å². The number of alkyl carbamates (subject to hydrolysis) is 1.